The molecule has 1 unspecified atom stereocenters. The number of ether oxygens (including phenoxy) is 5. The van der Waals surface area contributed by atoms with Crippen LogP contribution in [0.15, 0.2) is 57.5 Å². The summed E-state index contributed by atoms with van der Waals surface area (Å²) in [4.78, 5) is 32.3. The third kappa shape index (κ3) is 6.32. The zero-order chi connectivity index (χ0) is 29.7. The number of benzene rings is 2. The van der Waals surface area contributed by atoms with Crippen molar-refractivity contribution in [3.8, 4) is 23.0 Å². The van der Waals surface area contributed by atoms with E-state index in [1.165, 1.54) is 11.3 Å². The Bertz CT molecular complexity index is 1630. The van der Waals surface area contributed by atoms with Gasteiger partial charge in [0.2, 0.25) is 0 Å². The highest BCUT2D eigenvalue weighted by atomic mass is 32.1. The predicted octanol–water partition coefficient (Wildman–Crippen LogP) is 4.39. The number of hydrogen-bond acceptors (Lipinski definition) is 9. The van der Waals surface area contributed by atoms with Crippen LogP contribution in [0.25, 0.3) is 6.08 Å². The van der Waals surface area contributed by atoms with Crippen molar-refractivity contribution >= 4 is 23.4 Å². The lowest BCUT2D eigenvalue weighted by Gasteiger charge is -2.25. The molecule has 218 valence electrons. The van der Waals surface area contributed by atoms with Crippen LogP contribution in [-0.4, -0.2) is 43.6 Å². The summed E-state index contributed by atoms with van der Waals surface area (Å²) >= 11 is 1.26. The van der Waals surface area contributed by atoms with Gasteiger partial charge in [-0.05, 0) is 83.0 Å². The summed E-state index contributed by atoms with van der Waals surface area (Å²) in [5.74, 6) is 1.78. The van der Waals surface area contributed by atoms with E-state index in [-0.39, 0.29) is 18.3 Å². The second-order valence-electron chi connectivity index (χ2n) is 9.45. The van der Waals surface area contributed by atoms with Gasteiger partial charge in [-0.25, -0.2) is 9.79 Å². The van der Waals surface area contributed by atoms with Gasteiger partial charge in [0, 0.05) is 0 Å². The minimum Gasteiger partial charge on any atom is -0.493 e. The standard InChI is InChI=1S/C31H36N2O7S/c1-8-37-22-13-11-20(15-25(22)38-9-2)16-26-29(34)33-28(21-12-14-23(40-18(4)5)24(17-21)36-7)27(30(35)39-10-3)19(6)32-31(33)41-26/h11-18,28H,8-10H2,1-7H3. The van der Waals surface area contributed by atoms with Gasteiger partial charge in [0.05, 0.1) is 54.9 Å². The number of fused-ring (bicyclic) bond motifs is 1. The van der Waals surface area contributed by atoms with Crippen LogP contribution in [0.1, 0.15) is 58.7 Å². The molecule has 0 spiro atoms. The lowest BCUT2D eigenvalue weighted by Crippen LogP contribution is -2.40. The maximum absolute atomic E-state index is 14.0. The Morgan fingerprint density at radius 2 is 1.71 bits per heavy atom. The van der Waals surface area contributed by atoms with Gasteiger partial charge in [0.25, 0.3) is 5.56 Å². The molecule has 4 rings (SSSR count). The summed E-state index contributed by atoms with van der Waals surface area (Å²) in [6, 6.07) is 10.2. The molecule has 0 radical (unpaired) electrons. The molecule has 0 fully saturated rings. The van der Waals surface area contributed by atoms with Crippen LogP contribution < -0.4 is 33.8 Å². The molecule has 0 saturated heterocycles. The SMILES string of the molecule is CCOC(=O)C1=C(C)N=c2sc(=Cc3ccc(OCC)c(OCC)c3)c(=O)n2C1c1ccc(OC(C)C)c(OC)c1. The van der Waals surface area contributed by atoms with Crippen molar-refractivity contribution in [2.75, 3.05) is 26.9 Å². The van der Waals surface area contributed by atoms with Gasteiger partial charge in [0.15, 0.2) is 27.8 Å². The summed E-state index contributed by atoms with van der Waals surface area (Å²) in [5.41, 5.74) is 1.95. The normalized spacial score (nSPS) is 14.9. The van der Waals surface area contributed by atoms with E-state index >= 15 is 0 Å². The fourth-order valence-electron chi connectivity index (χ4n) is 4.62. The molecule has 0 N–H and O–H groups in total. The van der Waals surface area contributed by atoms with Crippen LogP contribution in [0.5, 0.6) is 23.0 Å². The molecule has 1 aliphatic heterocycles. The lowest BCUT2D eigenvalue weighted by molar-refractivity contribution is -0.139. The minimum absolute atomic E-state index is 0.0597. The number of carbonyl (C=O) groups is 1. The molecule has 1 aromatic heterocycles. The quantitative estimate of drug-likeness (QED) is 0.310. The van der Waals surface area contributed by atoms with Gasteiger partial charge in [0.1, 0.15) is 0 Å². The molecule has 2 aromatic carbocycles. The molecule has 1 aliphatic rings. The molecule has 0 saturated carbocycles. The lowest BCUT2D eigenvalue weighted by atomic mass is 9.95. The molecule has 0 aliphatic carbocycles. The average Bonchev–Trinajstić information content (AvgIpc) is 3.23. The highest BCUT2D eigenvalue weighted by Gasteiger charge is 2.34. The second kappa shape index (κ2) is 13.1. The minimum atomic E-state index is -0.770. The van der Waals surface area contributed by atoms with E-state index in [0.717, 1.165) is 5.56 Å². The van der Waals surface area contributed by atoms with Gasteiger partial charge in [-0.15, -0.1) is 0 Å². The topological polar surface area (TPSA) is 97.6 Å². The third-order valence-electron chi connectivity index (χ3n) is 6.25. The molecule has 3 aromatic rings. The second-order valence-corrected chi connectivity index (χ2v) is 10.5. The van der Waals surface area contributed by atoms with E-state index in [4.69, 9.17) is 23.7 Å². The van der Waals surface area contributed by atoms with Gasteiger partial charge >= 0.3 is 5.97 Å². The average molecular weight is 581 g/mol. The Morgan fingerprint density at radius 1 is 1.00 bits per heavy atom. The molecular formula is C31H36N2O7S. The largest absolute Gasteiger partial charge is 0.493 e. The Morgan fingerprint density at radius 3 is 2.37 bits per heavy atom. The molecule has 0 amide bonds. The number of allylic oxidation sites excluding steroid dienone is 1. The maximum atomic E-state index is 14.0. The summed E-state index contributed by atoms with van der Waals surface area (Å²) in [7, 11) is 1.55. The number of esters is 1. The van der Waals surface area contributed by atoms with Crippen molar-refractivity contribution < 1.29 is 28.5 Å². The smallest absolute Gasteiger partial charge is 0.338 e. The van der Waals surface area contributed by atoms with Crippen molar-refractivity contribution in [2.45, 2.75) is 53.7 Å². The highest BCUT2D eigenvalue weighted by Crippen LogP contribution is 2.36. The molecule has 0 bridgehead atoms. The van der Waals surface area contributed by atoms with Crippen molar-refractivity contribution in [3.63, 3.8) is 0 Å². The van der Waals surface area contributed by atoms with E-state index in [1.54, 1.807) is 43.7 Å². The number of methoxy groups -OCH3 is 1. The van der Waals surface area contributed by atoms with Crippen LogP contribution in [0, 0.1) is 0 Å². The van der Waals surface area contributed by atoms with Gasteiger partial charge < -0.3 is 23.7 Å². The molecule has 9 nitrogen and oxygen atoms in total. The van der Waals surface area contributed by atoms with Crippen molar-refractivity contribution in [2.24, 2.45) is 4.99 Å². The third-order valence-corrected chi connectivity index (χ3v) is 7.23. The summed E-state index contributed by atoms with van der Waals surface area (Å²) < 4.78 is 30.4. The van der Waals surface area contributed by atoms with Gasteiger partial charge in [-0.2, -0.15) is 0 Å². The Kier molecular flexibility index (Phi) is 9.54. The molecule has 1 atom stereocenters. The number of carbonyl (C=O) groups excluding carboxylic acids is 1. The van der Waals surface area contributed by atoms with E-state index in [9.17, 15) is 9.59 Å². The number of hydrogen-bond donors (Lipinski definition) is 0. The molecule has 2 heterocycles. The Hall–Kier alpha value is -4.05. The first-order valence-corrected chi connectivity index (χ1v) is 14.5. The molecular weight excluding hydrogens is 544 g/mol. The van der Waals surface area contributed by atoms with E-state index in [1.807, 2.05) is 52.0 Å². The first kappa shape index (κ1) is 29.9. The summed E-state index contributed by atoms with van der Waals surface area (Å²) in [5, 5.41) is 0. The zero-order valence-corrected chi connectivity index (χ0v) is 25.3. The van der Waals surface area contributed by atoms with Crippen LogP contribution in [0.2, 0.25) is 0 Å². The fraction of sp³-hybridized carbons (Fsp3) is 0.387. The number of thiazole rings is 1. The predicted molar refractivity (Wildman–Crippen MR) is 158 cm³/mol. The van der Waals surface area contributed by atoms with Crippen molar-refractivity contribution in [3.05, 3.63) is 78.5 Å². The van der Waals surface area contributed by atoms with Crippen molar-refractivity contribution in [1.29, 1.82) is 0 Å². The highest BCUT2D eigenvalue weighted by molar-refractivity contribution is 7.07. The van der Waals surface area contributed by atoms with Gasteiger partial charge in [-0.1, -0.05) is 23.5 Å². The van der Waals surface area contributed by atoms with Crippen LogP contribution in [0.4, 0.5) is 0 Å². The van der Waals surface area contributed by atoms with E-state index in [0.29, 0.717) is 62.4 Å². The zero-order valence-electron chi connectivity index (χ0n) is 24.5. The first-order chi connectivity index (χ1) is 19.7. The van der Waals surface area contributed by atoms with Crippen LogP contribution in [-0.2, 0) is 9.53 Å². The molecule has 41 heavy (non-hydrogen) atoms. The van der Waals surface area contributed by atoms with Crippen LogP contribution >= 0.6 is 11.3 Å². The van der Waals surface area contributed by atoms with E-state index in [2.05, 4.69) is 4.99 Å². The first-order valence-electron chi connectivity index (χ1n) is 13.7. The fourth-order valence-corrected chi connectivity index (χ4v) is 5.67. The van der Waals surface area contributed by atoms with Crippen molar-refractivity contribution in [1.82, 2.24) is 4.57 Å². The summed E-state index contributed by atoms with van der Waals surface area (Å²) in [6.45, 7) is 12.3. The van der Waals surface area contributed by atoms with Gasteiger partial charge in [-0.3, -0.25) is 9.36 Å². The summed E-state index contributed by atoms with van der Waals surface area (Å²) in [6.07, 6.45) is 1.73. The maximum Gasteiger partial charge on any atom is 0.338 e. The van der Waals surface area contributed by atoms with E-state index < -0.39 is 12.0 Å². The van der Waals surface area contributed by atoms with Crippen LogP contribution in [0.3, 0.4) is 0 Å². The Balaban J connectivity index is 1.90. The monoisotopic (exact) mass is 580 g/mol. The number of rotatable bonds is 11. The number of aromatic nitrogens is 1. The molecule has 10 heteroatoms. The number of nitrogens with zero attached hydrogens (tertiary/aromatic N) is 2. The Labute approximate surface area is 243 Å².